The van der Waals surface area contributed by atoms with Crippen LogP contribution in [-0.4, -0.2) is 29.3 Å². The van der Waals surface area contributed by atoms with Crippen LogP contribution in [0.3, 0.4) is 0 Å². The van der Waals surface area contributed by atoms with E-state index in [1.807, 2.05) is 0 Å². The Hall–Kier alpha value is -2.70. The second kappa shape index (κ2) is 7.04. The molecule has 1 aromatic carbocycles. The Labute approximate surface area is 143 Å². The summed E-state index contributed by atoms with van der Waals surface area (Å²) < 4.78 is 31.5. The van der Waals surface area contributed by atoms with Gasteiger partial charge in [0, 0.05) is 6.54 Å². The number of carbonyl (C=O) groups excluding carboxylic acids is 2. The van der Waals surface area contributed by atoms with E-state index in [0.717, 1.165) is 12.1 Å². The van der Waals surface area contributed by atoms with E-state index >= 15 is 0 Å². The van der Waals surface area contributed by atoms with Crippen molar-refractivity contribution < 1.29 is 22.8 Å². The summed E-state index contributed by atoms with van der Waals surface area (Å²) in [6.07, 6.45) is 2.66. The van der Waals surface area contributed by atoms with Crippen molar-refractivity contribution in [3.05, 3.63) is 59.6 Å². The van der Waals surface area contributed by atoms with Gasteiger partial charge in [-0.05, 0) is 49.6 Å². The summed E-state index contributed by atoms with van der Waals surface area (Å²) in [6.45, 7) is 2.15. The van der Waals surface area contributed by atoms with Gasteiger partial charge < -0.3 is 14.6 Å². The molecule has 0 radical (unpaired) electrons. The number of carbonyl (C=O) groups is 2. The second-order valence-corrected chi connectivity index (χ2v) is 6.04. The minimum Gasteiger partial charge on any atom is -0.459 e. The number of halogens is 2. The van der Waals surface area contributed by atoms with Crippen molar-refractivity contribution in [2.45, 2.75) is 31.8 Å². The summed E-state index contributed by atoms with van der Waals surface area (Å²) in [4.78, 5) is 26.5. The Morgan fingerprint density at radius 2 is 2.08 bits per heavy atom. The van der Waals surface area contributed by atoms with Gasteiger partial charge in [-0.15, -0.1) is 0 Å². The first-order valence-electron chi connectivity index (χ1n) is 8.07. The van der Waals surface area contributed by atoms with E-state index in [1.54, 1.807) is 19.1 Å². The van der Waals surface area contributed by atoms with E-state index in [2.05, 4.69) is 5.32 Å². The number of nitrogens with one attached hydrogen (secondary N) is 1. The fourth-order valence-electron chi connectivity index (χ4n) is 3.00. The van der Waals surface area contributed by atoms with E-state index < -0.39 is 23.7 Å². The molecule has 2 aromatic rings. The lowest BCUT2D eigenvalue weighted by Crippen LogP contribution is -2.46. The Morgan fingerprint density at radius 1 is 1.28 bits per heavy atom. The smallest absolute Gasteiger partial charge is 0.290 e. The normalized spacial score (nSPS) is 18.2. The molecule has 0 spiro atoms. The van der Waals surface area contributed by atoms with Crippen LogP contribution in [0.2, 0.25) is 0 Å². The van der Waals surface area contributed by atoms with Crippen molar-refractivity contribution in [2.24, 2.45) is 0 Å². The van der Waals surface area contributed by atoms with Gasteiger partial charge in [0.15, 0.2) is 17.4 Å². The van der Waals surface area contributed by atoms with Gasteiger partial charge in [-0.25, -0.2) is 8.78 Å². The monoisotopic (exact) mass is 348 g/mol. The van der Waals surface area contributed by atoms with E-state index in [-0.39, 0.29) is 17.6 Å². The molecule has 1 aliphatic heterocycles. The third-order valence-electron chi connectivity index (χ3n) is 4.35. The summed E-state index contributed by atoms with van der Waals surface area (Å²) in [7, 11) is 0. The molecule has 1 aromatic heterocycles. The fraction of sp³-hybridized carbons (Fsp3) is 0.333. The largest absolute Gasteiger partial charge is 0.459 e. The summed E-state index contributed by atoms with van der Waals surface area (Å²) in [5, 5.41) is 2.76. The predicted octanol–water partition coefficient (Wildman–Crippen LogP) is 3.04. The molecule has 0 bridgehead atoms. The first-order valence-corrected chi connectivity index (χ1v) is 8.07. The molecule has 0 unspecified atom stereocenters. The van der Waals surface area contributed by atoms with Crippen LogP contribution < -0.4 is 5.32 Å². The van der Waals surface area contributed by atoms with Gasteiger partial charge in [-0.1, -0.05) is 6.07 Å². The number of likely N-dealkylation sites (tertiary alicyclic amines) is 1. The number of hydrogen-bond donors (Lipinski definition) is 1. The molecule has 1 aliphatic rings. The highest BCUT2D eigenvalue weighted by molar-refractivity contribution is 5.96. The highest BCUT2D eigenvalue weighted by Gasteiger charge is 2.36. The van der Waals surface area contributed by atoms with Crippen LogP contribution in [0.4, 0.5) is 8.78 Å². The number of nitrogens with zero attached hydrogens (tertiary/aromatic N) is 1. The third-order valence-corrected chi connectivity index (χ3v) is 4.35. The van der Waals surface area contributed by atoms with Crippen molar-refractivity contribution >= 4 is 11.8 Å². The lowest BCUT2D eigenvalue weighted by Gasteiger charge is -2.25. The SMILES string of the molecule is C[C@H](NC(=O)[C@@H]1CCCN1C(=O)c1ccco1)c1ccc(F)c(F)c1. The van der Waals surface area contributed by atoms with Gasteiger partial charge in [0.25, 0.3) is 5.91 Å². The molecule has 1 saturated heterocycles. The molecule has 1 N–H and O–H groups in total. The molecule has 0 aliphatic carbocycles. The fourth-order valence-corrected chi connectivity index (χ4v) is 3.00. The molecule has 2 atom stereocenters. The number of hydrogen-bond acceptors (Lipinski definition) is 3. The van der Waals surface area contributed by atoms with Crippen LogP contribution in [-0.2, 0) is 4.79 Å². The standard InChI is InChI=1S/C18H18F2N2O3/c1-11(12-6-7-13(19)14(20)10-12)21-17(23)15-4-2-8-22(15)18(24)16-5-3-9-25-16/h3,5-7,9-11,15H,2,4,8H2,1H3,(H,21,23)/t11-,15-/m0/s1. The van der Waals surface area contributed by atoms with Gasteiger partial charge in [-0.3, -0.25) is 9.59 Å². The van der Waals surface area contributed by atoms with Crippen LogP contribution in [0, 0.1) is 11.6 Å². The van der Waals surface area contributed by atoms with Crippen molar-refractivity contribution in [1.29, 1.82) is 0 Å². The topological polar surface area (TPSA) is 62.6 Å². The van der Waals surface area contributed by atoms with Crippen molar-refractivity contribution in [3.63, 3.8) is 0 Å². The maximum absolute atomic E-state index is 13.4. The molecule has 2 heterocycles. The third kappa shape index (κ3) is 3.55. The van der Waals surface area contributed by atoms with Gasteiger partial charge in [0.2, 0.25) is 5.91 Å². The Morgan fingerprint density at radius 3 is 2.76 bits per heavy atom. The highest BCUT2D eigenvalue weighted by atomic mass is 19.2. The van der Waals surface area contributed by atoms with E-state index in [1.165, 1.54) is 17.2 Å². The number of furan rings is 1. The van der Waals surface area contributed by atoms with Crippen molar-refractivity contribution in [1.82, 2.24) is 10.2 Å². The molecule has 2 amide bonds. The zero-order valence-electron chi connectivity index (χ0n) is 13.7. The predicted molar refractivity (Wildman–Crippen MR) is 85.7 cm³/mol. The Bertz CT molecular complexity index is 777. The van der Waals surface area contributed by atoms with E-state index in [4.69, 9.17) is 4.42 Å². The summed E-state index contributed by atoms with van der Waals surface area (Å²) in [6, 6.07) is 5.55. The van der Waals surface area contributed by atoms with Crippen molar-refractivity contribution in [2.75, 3.05) is 6.54 Å². The van der Waals surface area contributed by atoms with Gasteiger partial charge in [0.05, 0.1) is 12.3 Å². The molecule has 3 rings (SSSR count). The van der Waals surface area contributed by atoms with Crippen LogP contribution >= 0.6 is 0 Å². The van der Waals surface area contributed by atoms with Crippen LogP contribution in [0.5, 0.6) is 0 Å². The van der Waals surface area contributed by atoms with E-state index in [0.29, 0.717) is 24.9 Å². The van der Waals surface area contributed by atoms with Gasteiger partial charge >= 0.3 is 0 Å². The molecule has 0 saturated carbocycles. The number of rotatable bonds is 4. The molecule has 1 fully saturated rings. The van der Waals surface area contributed by atoms with Crippen LogP contribution in [0.25, 0.3) is 0 Å². The number of amides is 2. The first-order chi connectivity index (χ1) is 12.0. The van der Waals surface area contributed by atoms with Gasteiger partial charge in [-0.2, -0.15) is 0 Å². The van der Waals surface area contributed by atoms with E-state index in [9.17, 15) is 18.4 Å². The molecule has 7 heteroatoms. The van der Waals surface area contributed by atoms with Crippen LogP contribution in [0.1, 0.15) is 41.9 Å². The molecule has 25 heavy (non-hydrogen) atoms. The lowest BCUT2D eigenvalue weighted by molar-refractivity contribution is -0.125. The molecule has 132 valence electrons. The van der Waals surface area contributed by atoms with Gasteiger partial charge in [0.1, 0.15) is 6.04 Å². The summed E-state index contributed by atoms with van der Waals surface area (Å²) in [5.74, 6) is -2.37. The minimum absolute atomic E-state index is 0.188. The molecular weight excluding hydrogens is 330 g/mol. The van der Waals surface area contributed by atoms with Crippen LogP contribution in [0.15, 0.2) is 41.0 Å². The lowest BCUT2D eigenvalue weighted by atomic mass is 10.1. The Kier molecular flexibility index (Phi) is 4.83. The average molecular weight is 348 g/mol. The summed E-state index contributed by atoms with van der Waals surface area (Å²) >= 11 is 0. The summed E-state index contributed by atoms with van der Waals surface area (Å²) in [5.41, 5.74) is 0.453. The first kappa shape index (κ1) is 17.1. The zero-order chi connectivity index (χ0) is 18.0. The second-order valence-electron chi connectivity index (χ2n) is 6.04. The quantitative estimate of drug-likeness (QED) is 0.924. The average Bonchev–Trinajstić information content (AvgIpc) is 3.28. The molecular formula is C18H18F2N2O3. The highest BCUT2D eigenvalue weighted by Crippen LogP contribution is 2.22. The Balaban J connectivity index is 1.69. The zero-order valence-corrected chi connectivity index (χ0v) is 13.7. The maximum atomic E-state index is 13.4. The number of benzene rings is 1. The van der Waals surface area contributed by atoms with Crippen molar-refractivity contribution in [3.8, 4) is 0 Å². The minimum atomic E-state index is -0.964. The molecule has 5 nitrogen and oxygen atoms in total. The maximum Gasteiger partial charge on any atom is 0.290 e.